The van der Waals surface area contributed by atoms with Crippen molar-refractivity contribution in [2.24, 2.45) is 0 Å². The molecule has 1 aliphatic rings. The number of imidazole rings is 1. The quantitative estimate of drug-likeness (QED) is 0.775. The van der Waals surface area contributed by atoms with Crippen LogP contribution in [0.4, 0.5) is 0 Å². The summed E-state index contributed by atoms with van der Waals surface area (Å²) >= 11 is 2.01. The van der Waals surface area contributed by atoms with Crippen molar-refractivity contribution in [2.45, 2.75) is 12.3 Å². The lowest BCUT2D eigenvalue weighted by molar-refractivity contribution is 0.733. The summed E-state index contributed by atoms with van der Waals surface area (Å²) in [5.74, 6) is 4.17. The molecule has 4 heteroatoms. The normalized spacial score (nSPS) is 21.9. The Morgan fingerprint density at radius 2 is 2.50 bits per heavy atom. The standard InChI is InChI=1S/C10H11N3S/c1-2-8-10(11-4-1)13-9(12-8)7-3-5-14-6-7/h1-2,4,7H,3,5-6H2,(H,11,12,13). The smallest absolute Gasteiger partial charge is 0.177 e. The van der Waals surface area contributed by atoms with Gasteiger partial charge in [0.25, 0.3) is 0 Å². The molecule has 1 atom stereocenters. The van der Waals surface area contributed by atoms with Gasteiger partial charge < -0.3 is 4.98 Å². The van der Waals surface area contributed by atoms with E-state index in [2.05, 4.69) is 15.0 Å². The molecule has 14 heavy (non-hydrogen) atoms. The molecule has 0 bridgehead atoms. The maximum absolute atomic E-state index is 4.51. The Bertz CT molecular complexity index is 412. The topological polar surface area (TPSA) is 41.6 Å². The summed E-state index contributed by atoms with van der Waals surface area (Å²) in [6.07, 6.45) is 3.03. The molecule has 1 fully saturated rings. The summed E-state index contributed by atoms with van der Waals surface area (Å²) in [6, 6.07) is 3.97. The van der Waals surface area contributed by atoms with Crippen LogP contribution in [0.2, 0.25) is 0 Å². The van der Waals surface area contributed by atoms with Gasteiger partial charge in [-0.1, -0.05) is 0 Å². The number of pyridine rings is 1. The van der Waals surface area contributed by atoms with Gasteiger partial charge in [0.2, 0.25) is 0 Å². The number of nitrogens with zero attached hydrogens (tertiary/aromatic N) is 2. The van der Waals surface area contributed by atoms with Gasteiger partial charge in [-0.25, -0.2) is 9.97 Å². The zero-order chi connectivity index (χ0) is 9.38. The van der Waals surface area contributed by atoms with E-state index in [1.54, 1.807) is 6.20 Å². The Labute approximate surface area is 86.3 Å². The number of aromatic nitrogens is 3. The van der Waals surface area contributed by atoms with E-state index in [1.807, 2.05) is 23.9 Å². The summed E-state index contributed by atoms with van der Waals surface area (Å²) in [4.78, 5) is 12.1. The van der Waals surface area contributed by atoms with Crippen LogP contribution in [0.25, 0.3) is 11.2 Å². The second-order valence-corrected chi connectivity index (χ2v) is 4.71. The number of nitrogens with one attached hydrogen (secondary N) is 1. The Morgan fingerprint density at radius 3 is 3.29 bits per heavy atom. The predicted molar refractivity (Wildman–Crippen MR) is 58.6 cm³/mol. The van der Waals surface area contributed by atoms with E-state index in [0.29, 0.717) is 5.92 Å². The van der Waals surface area contributed by atoms with Gasteiger partial charge in [0, 0.05) is 17.9 Å². The molecule has 72 valence electrons. The average Bonchev–Trinajstić information content (AvgIpc) is 2.86. The number of hydrogen-bond donors (Lipinski definition) is 1. The second-order valence-electron chi connectivity index (χ2n) is 3.56. The van der Waals surface area contributed by atoms with Crippen molar-refractivity contribution < 1.29 is 0 Å². The summed E-state index contributed by atoms with van der Waals surface area (Å²) in [7, 11) is 0. The number of thioether (sulfide) groups is 1. The molecular formula is C10H11N3S. The summed E-state index contributed by atoms with van der Waals surface area (Å²) in [5, 5.41) is 0. The van der Waals surface area contributed by atoms with Gasteiger partial charge in [-0.3, -0.25) is 0 Å². The molecule has 0 aromatic carbocycles. The molecule has 3 rings (SSSR count). The Hall–Kier alpha value is -1.03. The minimum atomic E-state index is 0.606. The molecule has 1 aliphatic heterocycles. The van der Waals surface area contributed by atoms with Crippen LogP contribution in [-0.4, -0.2) is 26.5 Å². The van der Waals surface area contributed by atoms with E-state index in [0.717, 1.165) is 17.0 Å². The van der Waals surface area contributed by atoms with Crippen LogP contribution in [0.3, 0.4) is 0 Å². The number of fused-ring (bicyclic) bond motifs is 1. The Morgan fingerprint density at radius 1 is 1.50 bits per heavy atom. The van der Waals surface area contributed by atoms with E-state index in [9.17, 15) is 0 Å². The van der Waals surface area contributed by atoms with Gasteiger partial charge in [-0.15, -0.1) is 0 Å². The minimum absolute atomic E-state index is 0.606. The first-order valence-corrected chi connectivity index (χ1v) is 5.97. The van der Waals surface area contributed by atoms with Gasteiger partial charge >= 0.3 is 0 Å². The third kappa shape index (κ3) is 1.30. The lowest BCUT2D eigenvalue weighted by Crippen LogP contribution is -1.98. The molecule has 2 aromatic rings. The van der Waals surface area contributed by atoms with Crippen molar-refractivity contribution >= 4 is 22.9 Å². The molecule has 0 aliphatic carbocycles. The highest BCUT2D eigenvalue weighted by Crippen LogP contribution is 2.31. The highest BCUT2D eigenvalue weighted by Gasteiger charge is 2.20. The van der Waals surface area contributed by atoms with Gasteiger partial charge in [-0.2, -0.15) is 11.8 Å². The molecule has 1 unspecified atom stereocenters. The number of rotatable bonds is 1. The lowest BCUT2D eigenvalue weighted by atomic mass is 10.1. The Kier molecular flexibility index (Phi) is 1.94. The lowest BCUT2D eigenvalue weighted by Gasteiger charge is -2.01. The van der Waals surface area contributed by atoms with Crippen LogP contribution >= 0.6 is 11.8 Å². The SMILES string of the molecule is c1cnc2nc(C3CCSC3)[nH]c2c1. The van der Waals surface area contributed by atoms with Crippen LogP contribution in [-0.2, 0) is 0 Å². The van der Waals surface area contributed by atoms with Crippen LogP contribution in [0.1, 0.15) is 18.2 Å². The fourth-order valence-electron chi connectivity index (χ4n) is 1.81. The van der Waals surface area contributed by atoms with E-state index < -0.39 is 0 Å². The van der Waals surface area contributed by atoms with Crippen molar-refractivity contribution in [1.29, 1.82) is 0 Å². The molecule has 0 amide bonds. The zero-order valence-electron chi connectivity index (χ0n) is 7.73. The number of hydrogen-bond acceptors (Lipinski definition) is 3. The van der Waals surface area contributed by atoms with Crippen LogP contribution in [0.15, 0.2) is 18.3 Å². The van der Waals surface area contributed by atoms with Crippen LogP contribution in [0.5, 0.6) is 0 Å². The average molecular weight is 205 g/mol. The van der Waals surface area contributed by atoms with Crippen molar-refractivity contribution in [3.8, 4) is 0 Å². The van der Waals surface area contributed by atoms with Gasteiger partial charge in [0.15, 0.2) is 5.65 Å². The fourth-order valence-corrected chi connectivity index (χ4v) is 3.03. The van der Waals surface area contributed by atoms with E-state index >= 15 is 0 Å². The highest BCUT2D eigenvalue weighted by molar-refractivity contribution is 7.99. The van der Waals surface area contributed by atoms with Crippen LogP contribution in [0, 0.1) is 0 Å². The van der Waals surface area contributed by atoms with Crippen molar-refractivity contribution in [3.05, 3.63) is 24.2 Å². The van der Waals surface area contributed by atoms with Gasteiger partial charge in [0.1, 0.15) is 5.82 Å². The molecule has 1 saturated heterocycles. The van der Waals surface area contributed by atoms with Crippen molar-refractivity contribution in [2.75, 3.05) is 11.5 Å². The molecule has 3 heterocycles. The predicted octanol–water partition coefficient (Wildman–Crippen LogP) is 2.18. The summed E-state index contributed by atoms with van der Waals surface area (Å²) < 4.78 is 0. The highest BCUT2D eigenvalue weighted by atomic mass is 32.2. The summed E-state index contributed by atoms with van der Waals surface area (Å²) in [5.41, 5.74) is 1.90. The van der Waals surface area contributed by atoms with Crippen molar-refractivity contribution in [3.63, 3.8) is 0 Å². The van der Waals surface area contributed by atoms with E-state index in [-0.39, 0.29) is 0 Å². The molecule has 0 radical (unpaired) electrons. The molecule has 2 aromatic heterocycles. The van der Waals surface area contributed by atoms with E-state index in [4.69, 9.17) is 0 Å². The van der Waals surface area contributed by atoms with E-state index in [1.165, 1.54) is 17.9 Å². The first-order valence-electron chi connectivity index (χ1n) is 4.82. The molecule has 3 nitrogen and oxygen atoms in total. The fraction of sp³-hybridized carbons (Fsp3) is 0.400. The third-order valence-corrected chi connectivity index (χ3v) is 3.75. The number of H-pyrrole nitrogens is 1. The summed E-state index contributed by atoms with van der Waals surface area (Å²) in [6.45, 7) is 0. The van der Waals surface area contributed by atoms with Gasteiger partial charge in [0.05, 0.1) is 5.52 Å². The Balaban J connectivity index is 2.05. The molecule has 0 saturated carbocycles. The first kappa shape index (κ1) is 8.29. The maximum atomic E-state index is 4.51. The number of aromatic amines is 1. The molecule has 0 spiro atoms. The zero-order valence-corrected chi connectivity index (χ0v) is 8.55. The minimum Gasteiger partial charge on any atom is -0.340 e. The molecule has 1 N–H and O–H groups in total. The van der Waals surface area contributed by atoms with Crippen LogP contribution < -0.4 is 0 Å². The van der Waals surface area contributed by atoms with Gasteiger partial charge in [-0.05, 0) is 24.3 Å². The first-order chi connectivity index (χ1) is 6.93. The second kappa shape index (κ2) is 3.28. The van der Waals surface area contributed by atoms with Crippen molar-refractivity contribution in [1.82, 2.24) is 15.0 Å². The maximum Gasteiger partial charge on any atom is 0.177 e. The molecular weight excluding hydrogens is 194 g/mol. The largest absolute Gasteiger partial charge is 0.340 e. The monoisotopic (exact) mass is 205 g/mol. The third-order valence-electron chi connectivity index (χ3n) is 2.59.